The molecule has 0 radical (unpaired) electrons. The van der Waals surface area contributed by atoms with Gasteiger partial charge in [0.15, 0.2) is 0 Å². The van der Waals surface area contributed by atoms with Crippen LogP contribution in [0.5, 0.6) is 0 Å². The SMILES string of the molecule is c1ccc([C@]23CCCC[C@H]2[C@@H]2CCCC[C@H]2c2ccccc23)cc1. The number of hydrogen-bond acceptors (Lipinski definition) is 0. The van der Waals surface area contributed by atoms with E-state index in [4.69, 9.17) is 0 Å². The van der Waals surface area contributed by atoms with Crippen molar-refractivity contribution in [1.82, 2.24) is 0 Å². The summed E-state index contributed by atoms with van der Waals surface area (Å²) in [6.07, 6.45) is 11.4. The second kappa shape index (κ2) is 5.76. The summed E-state index contributed by atoms with van der Waals surface area (Å²) in [5, 5.41) is 0. The standard InChI is InChI=1S/C24H28/c1-2-10-18(11-3-1)24-17-9-8-16-23(24)20-13-5-4-12-19(20)21-14-6-7-15-22(21)24/h1-3,6-7,10-11,14-15,19-20,23H,4-5,8-9,12-13,16-17H2/t19-,20-,23+,24+/m1/s1. The highest BCUT2D eigenvalue weighted by molar-refractivity contribution is 5.49. The highest BCUT2D eigenvalue weighted by Gasteiger charge is 2.53. The molecule has 0 aliphatic heterocycles. The number of fused-ring (bicyclic) bond motifs is 6. The third-order valence-electron chi connectivity index (χ3n) is 7.44. The molecule has 0 saturated heterocycles. The quantitative estimate of drug-likeness (QED) is 0.567. The van der Waals surface area contributed by atoms with Crippen LogP contribution in [0.25, 0.3) is 0 Å². The van der Waals surface area contributed by atoms with Gasteiger partial charge < -0.3 is 0 Å². The van der Waals surface area contributed by atoms with Gasteiger partial charge in [-0.2, -0.15) is 0 Å². The minimum absolute atomic E-state index is 0.286. The van der Waals surface area contributed by atoms with Crippen molar-refractivity contribution < 1.29 is 0 Å². The second-order valence-electron chi connectivity index (χ2n) is 8.33. The summed E-state index contributed by atoms with van der Waals surface area (Å²) in [6.45, 7) is 0. The Labute approximate surface area is 146 Å². The first-order valence-electron chi connectivity index (χ1n) is 10.1. The predicted octanol–water partition coefficient (Wildman–Crippen LogP) is 6.45. The van der Waals surface area contributed by atoms with Crippen molar-refractivity contribution in [1.29, 1.82) is 0 Å². The van der Waals surface area contributed by atoms with Gasteiger partial charge in [-0.3, -0.25) is 0 Å². The summed E-state index contributed by atoms with van der Waals surface area (Å²) in [4.78, 5) is 0. The zero-order chi connectivity index (χ0) is 16.0. The molecule has 124 valence electrons. The number of rotatable bonds is 1. The van der Waals surface area contributed by atoms with Crippen LogP contribution in [-0.4, -0.2) is 0 Å². The van der Waals surface area contributed by atoms with Gasteiger partial charge in [-0.25, -0.2) is 0 Å². The van der Waals surface area contributed by atoms with Crippen LogP contribution in [0.2, 0.25) is 0 Å². The van der Waals surface area contributed by atoms with Crippen LogP contribution >= 0.6 is 0 Å². The maximum Gasteiger partial charge on any atom is 0.0236 e. The van der Waals surface area contributed by atoms with Crippen molar-refractivity contribution in [2.24, 2.45) is 11.8 Å². The average Bonchev–Trinajstić information content (AvgIpc) is 2.69. The van der Waals surface area contributed by atoms with E-state index in [1.807, 2.05) is 0 Å². The molecule has 0 aromatic heterocycles. The largest absolute Gasteiger partial charge is 0.0622 e. The highest BCUT2D eigenvalue weighted by atomic mass is 14.6. The Morgan fingerprint density at radius 2 is 1.46 bits per heavy atom. The van der Waals surface area contributed by atoms with E-state index in [2.05, 4.69) is 54.6 Å². The molecule has 3 aliphatic carbocycles. The van der Waals surface area contributed by atoms with E-state index < -0.39 is 0 Å². The minimum atomic E-state index is 0.286. The Morgan fingerprint density at radius 1 is 0.708 bits per heavy atom. The van der Waals surface area contributed by atoms with Crippen molar-refractivity contribution in [2.45, 2.75) is 62.7 Å². The van der Waals surface area contributed by atoms with Crippen LogP contribution in [0.4, 0.5) is 0 Å². The van der Waals surface area contributed by atoms with E-state index in [1.54, 1.807) is 16.7 Å². The predicted molar refractivity (Wildman–Crippen MR) is 100 cm³/mol. The molecule has 0 spiro atoms. The average molecular weight is 316 g/mol. The Morgan fingerprint density at radius 3 is 2.38 bits per heavy atom. The first kappa shape index (κ1) is 14.8. The Balaban J connectivity index is 1.77. The van der Waals surface area contributed by atoms with E-state index >= 15 is 0 Å². The maximum atomic E-state index is 2.48. The van der Waals surface area contributed by atoms with E-state index in [0.717, 1.165) is 17.8 Å². The maximum absolute atomic E-state index is 2.48. The molecule has 0 bridgehead atoms. The Hall–Kier alpha value is -1.56. The molecular formula is C24H28. The van der Waals surface area contributed by atoms with Crippen molar-refractivity contribution >= 4 is 0 Å². The fraction of sp³-hybridized carbons (Fsp3) is 0.500. The molecule has 2 fully saturated rings. The molecule has 0 unspecified atom stereocenters. The second-order valence-corrected chi connectivity index (χ2v) is 8.33. The molecule has 2 saturated carbocycles. The third kappa shape index (κ3) is 1.98. The monoisotopic (exact) mass is 316 g/mol. The summed E-state index contributed by atoms with van der Waals surface area (Å²) in [7, 11) is 0. The van der Waals surface area contributed by atoms with Crippen LogP contribution in [0.1, 0.15) is 74.0 Å². The molecule has 0 heteroatoms. The van der Waals surface area contributed by atoms with Crippen molar-refractivity contribution in [2.75, 3.05) is 0 Å². The molecule has 0 amide bonds. The lowest BCUT2D eigenvalue weighted by molar-refractivity contribution is 0.0852. The van der Waals surface area contributed by atoms with Gasteiger partial charge in [0, 0.05) is 5.41 Å². The number of benzene rings is 2. The fourth-order valence-electron chi connectivity index (χ4n) is 6.62. The van der Waals surface area contributed by atoms with E-state index in [0.29, 0.717) is 0 Å². The molecule has 2 aromatic carbocycles. The van der Waals surface area contributed by atoms with Crippen molar-refractivity contribution in [3.05, 3.63) is 71.3 Å². The van der Waals surface area contributed by atoms with Crippen LogP contribution in [0.15, 0.2) is 54.6 Å². The summed E-state index contributed by atoms with van der Waals surface area (Å²) in [5.41, 5.74) is 5.26. The van der Waals surface area contributed by atoms with Gasteiger partial charge in [0.2, 0.25) is 0 Å². The summed E-state index contributed by atoms with van der Waals surface area (Å²) in [5.74, 6) is 2.60. The molecule has 3 aliphatic rings. The van der Waals surface area contributed by atoms with Gasteiger partial charge in [-0.05, 0) is 60.1 Å². The smallest absolute Gasteiger partial charge is 0.0236 e. The molecule has 24 heavy (non-hydrogen) atoms. The van der Waals surface area contributed by atoms with Gasteiger partial charge in [0.1, 0.15) is 0 Å². The lowest BCUT2D eigenvalue weighted by Gasteiger charge is -2.56. The Kier molecular flexibility index (Phi) is 3.54. The summed E-state index contributed by atoms with van der Waals surface area (Å²) >= 11 is 0. The molecule has 0 N–H and O–H groups in total. The topological polar surface area (TPSA) is 0 Å². The third-order valence-corrected chi connectivity index (χ3v) is 7.44. The molecule has 0 nitrogen and oxygen atoms in total. The van der Waals surface area contributed by atoms with Crippen molar-refractivity contribution in [3.63, 3.8) is 0 Å². The summed E-state index contributed by atoms with van der Waals surface area (Å²) in [6, 6.07) is 21.0. The van der Waals surface area contributed by atoms with Gasteiger partial charge >= 0.3 is 0 Å². The van der Waals surface area contributed by atoms with Crippen molar-refractivity contribution in [3.8, 4) is 0 Å². The lowest BCUT2D eigenvalue weighted by atomic mass is 9.47. The van der Waals surface area contributed by atoms with Gasteiger partial charge in [-0.1, -0.05) is 80.3 Å². The summed E-state index contributed by atoms with van der Waals surface area (Å²) < 4.78 is 0. The molecule has 2 aromatic rings. The normalized spacial score (nSPS) is 34.8. The van der Waals surface area contributed by atoms with Crippen LogP contribution in [-0.2, 0) is 5.41 Å². The van der Waals surface area contributed by atoms with Crippen LogP contribution in [0, 0.1) is 11.8 Å². The highest BCUT2D eigenvalue weighted by Crippen LogP contribution is 2.61. The first-order chi connectivity index (χ1) is 11.9. The first-order valence-corrected chi connectivity index (χ1v) is 10.1. The van der Waals surface area contributed by atoms with Crippen LogP contribution < -0.4 is 0 Å². The zero-order valence-electron chi connectivity index (χ0n) is 14.6. The van der Waals surface area contributed by atoms with Crippen LogP contribution in [0.3, 0.4) is 0 Å². The van der Waals surface area contributed by atoms with E-state index in [-0.39, 0.29) is 5.41 Å². The Bertz CT molecular complexity index is 716. The van der Waals surface area contributed by atoms with Gasteiger partial charge in [-0.15, -0.1) is 0 Å². The number of hydrogen-bond donors (Lipinski definition) is 0. The van der Waals surface area contributed by atoms with Gasteiger partial charge in [0.05, 0.1) is 0 Å². The molecule has 5 rings (SSSR count). The fourth-order valence-corrected chi connectivity index (χ4v) is 6.62. The van der Waals surface area contributed by atoms with Gasteiger partial charge in [0.25, 0.3) is 0 Å². The minimum Gasteiger partial charge on any atom is -0.0622 e. The molecular weight excluding hydrogens is 288 g/mol. The lowest BCUT2D eigenvalue weighted by Crippen LogP contribution is -2.49. The van der Waals surface area contributed by atoms with E-state index in [9.17, 15) is 0 Å². The molecule has 4 atom stereocenters. The van der Waals surface area contributed by atoms with E-state index in [1.165, 1.54) is 51.4 Å². The zero-order valence-corrected chi connectivity index (χ0v) is 14.6. The molecule has 0 heterocycles.